The zero-order valence-electron chi connectivity index (χ0n) is 5.98. The number of hydrogen-bond acceptors (Lipinski definition) is 2. The van der Waals surface area contributed by atoms with Gasteiger partial charge in [-0.2, -0.15) is 8.78 Å². The van der Waals surface area contributed by atoms with Crippen LogP contribution in [0.1, 0.15) is 12.6 Å². The number of hydrogen-bond donors (Lipinski definition) is 0. The van der Waals surface area contributed by atoms with Crippen LogP contribution in [0.3, 0.4) is 0 Å². The first-order valence-electron chi connectivity index (χ1n) is 2.98. The van der Waals surface area contributed by atoms with E-state index in [1.165, 1.54) is 0 Å². The zero-order chi connectivity index (χ0) is 9.35. The summed E-state index contributed by atoms with van der Waals surface area (Å²) in [6.45, 7) is 0.710. The molecule has 1 aromatic heterocycles. The van der Waals surface area contributed by atoms with Crippen molar-refractivity contribution in [3.05, 3.63) is 22.2 Å². The first-order chi connectivity index (χ1) is 5.39. The Morgan fingerprint density at radius 2 is 1.92 bits per heavy atom. The van der Waals surface area contributed by atoms with E-state index in [-0.39, 0.29) is 10.4 Å². The van der Waals surface area contributed by atoms with Crippen LogP contribution in [0.2, 0.25) is 10.4 Å². The van der Waals surface area contributed by atoms with Crippen molar-refractivity contribution in [1.82, 2.24) is 9.97 Å². The molecule has 0 aliphatic rings. The highest BCUT2D eigenvalue weighted by molar-refractivity contribution is 6.31. The van der Waals surface area contributed by atoms with Crippen molar-refractivity contribution >= 4 is 23.2 Å². The van der Waals surface area contributed by atoms with Crippen LogP contribution in [-0.2, 0) is 5.92 Å². The minimum atomic E-state index is -3.05. The van der Waals surface area contributed by atoms with Crippen LogP contribution in [0.4, 0.5) is 8.78 Å². The van der Waals surface area contributed by atoms with E-state index in [1.807, 2.05) is 0 Å². The summed E-state index contributed by atoms with van der Waals surface area (Å²) in [5.41, 5.74) is -0.479. The molecule has 1 heterocycles. The van der Waals surface area contributed by atoms with Gasteiger partial charge in [-0.05, 0) is 11.6 Å². The molecule has 0 unspecified atom stereocenters. The fraction of sp³-hybridized carbons (Fsp3) is 0.333. The Kier molecular flexibility index (Phi) is 2.49. The molecule has 0 saturated heterocycles. The predicted octanol–water partition coefficient (Wildman–Crippen LogP) is 2.90. The quantitative estimate of drug-likeness (QED) is 0.529. The fourth-order valence-electron chi connectivity index (χ4n) is 0.615. The Hall–Kier alpha value is -0.480. The van der Waals surface area contributed by atoms with Gasteiger partial charge in [-0.25, -0.2) is 9.97 Å². The SMILES string of the molecule is CC(F)(F)c1cc(Cl)nc(Cl)n1. The van der Waals surface area contributed by atoms with Gasteiger partial charge in [0, 0.05) is 13.0 Å². The molecule has 6 heteroatoms. The van der Waals surface area contributed by atoms with Gasteiger partial charge in [-0.3, -0.25) is 0 Å². The third kappa shape index (κ3) is 2.25. The van der Waals surface area contributed by atoms with Gasteiger partial charge >= 0.3 is 0 Å². The molecule has 66 valence electrons. The van der Waals surface area contributed by atoms with Crippen LogP contribution < -0.4 is 0 Å². The third-order valence-electron chi connectivity index (χ3n) is 1.12. The summed E-state index contributed by atoms with van der Waals surface area (Å²) in [4.78, 5) is 6.76. The molecular weight excluding hydrogens is 209 g/mol. The van der Waals surface area contributed by atoms with Gasteiger partial charge in [0.15, 0.2) is 0 Å². The minimum absolute atomic E-state index is 0.0912. The second-order valence-corrected chi connectivity index (χ2v) is 2.96. The van der Waals surface area contributed by atoms with Gasteiger partial charge in [0.25, 0.3) is 5.92 Å². The molecule has 0 radical (unpaired) electrons. The second kappa shape index (κ2) is 3.11. The topological polar surface area (TPSA) is 25.8 Å². The van der Waals surface area contributed by atoms with Crippen molar-refractivity contribution in [3.63, 3.8) is 0 Å². The highest BCUT2D eigenvalue weighted by Gasteiger charge is 2.27. The van der Waals surface area contributed by atoms with E-state index >= 15 is 0 Å². The lowest BCUT2D eigenvalue weighted by Crippen LogP contribution is -2.10. The molecule has 0 bridgehead atoms. The maximum atomic E-state index is 12.6. The molecule has 0 atom stereocenters. The average molecular weight is 213 g/mol. The van der Waals surface area contributed by atoms with Gasteiger partial charge in [-0.15, -0.1) is 0 Å². The molecule has 2 nitrogen and oxygen atoms in total. The second-order valence-electron chi connectivity index (χ2n) is 2.23. The minimum Gasteiger partial charge on any atom is -0.217 e. The summed E-state index contributed by atoms with van der Waals surface area (Å²) in [5.74, 6) is -3.05. The van der Waals surface area contributed by atoms with E-state index in [2.05, 4.69) is 9.97 Å². The van der Waals surface area contributed by atoms with Gasteiger partial charge in [0.1, 0.15) is 10.8 Å². The molecule has 0 aliphatic heterocycles. The highest BCUT2D eigenvalue weighted by Crippen LogP contribution is 2.27. The fourth-order valence-corrected chi connectivity index (χ4v) is 1.02. The van der Waals surface area contributed by atoms with Crippen molar-refractivity contribution in [2.24, 2.45) is 0 Å². The maximum Gasteiger partial charge on any atom is 0.287 e. The van der Waals surface area contributed by atoms with E-state index in [0.717, 1.165) is 6.07 Å². The first-order valence-corrected chi connectivity index (χ1v) is 3.73. The summed E-state index contributed by atoms with van der Waals surface area (Å²) < 4.78 is 25.2. The summed E-state index contributed by atoms with van der Waals surface area (Å²) in [5, 5.41) is -0.370. The van der Waals surface area contributed by atoms with Crippen LogP contribution in [0.5, 0.6) is 0 Å². The lowest BCUT2D eigenvalue weighted by atomic mass is 10.3. The Morgan fingerprint density at radius 3 is 2.33 bits per heavy atom. The number of halogens is 4. The summed E-state index contributed by atoms with van der Waals surface area (Å²) in [6.07, 6.45) is 0. The van der Waals surface area contributed by atoms with E-state index in [0.29, 0.717) is 6.92 Å². The lowest BCUT2D eigenvalue weighted by molar-refractivity contribution is 0.0126. The molecule has 0 aromatic carbocycles. The van der Waals surface area contributed by atoms with Gasteiger partial charge in [0.05, 0.1) is 0 Å². The van der Waals surface area contributed by atoms with Gasteiger partial charge < -0.3 is 0 Å². The molecule has 1 aromatic rings. The number of alkyl halides is 2. The monoisotopic (exact) mass is 212 g/mol. The third-order valence-corrected chi connectivity index (χ3v) is 1.48. The molecule has 0 N–H and O–H groups in total. The summed E-state index contributed by atoms with van der Waals surface area (Å²) in [6, 6.07) is 0.980. The highest BCUT2D eigenvalue weighted by atomic mass is 35.5. The number of rotatable bonds is 1. The summed E-state index contributed by atoms with van der Waals surface area (Å²) in [7, 11) is 0. The first kappa shape index (κ1) is 9.61. The molecule has 0 amide bonds. The molecular formula is C6H4Cl2F2N2. The van der Waals surface area contributed by atoms with Crippen LogP contribution in [0.25, 0.3) is 0 Å². The van der Waals surface area contributed by atoms with Crippen LogP contribution in [0.15, 0.2) is 6.07 Å². The normalized spacial score (nSPS) is 11.8. The Balaban J connectivity index is 3.18. The van der Waals surface area contributed by atoms with Crippen LogP contribution >= 0.6 is 23.2 Å². The molecule has 0 aliphatic carbocycles. The van der Waals surface area contributed by atoms with E-state index in [1.54, 1.807) is 0 Å². The molecule has 0 saturated carbocycles. The van der Waals surface area contributed by atoms with E-state index in [4.69, 9.17) is 23.2 Å². The number of aromatic nitrogens is 2. The van der Waals surface area contributed by atoms with E-state index in [9.17, 15) is 8.78 Å². The lowest BCUT2D eigenvalue weighted by Gasteiger charge is -2.08. The van der Waals surface area contributed by atoms with E-state index < -0.39 is 11.6 Å². The van der Waals surface area contributed by atoms with Crippen molar-refractivity contribution in [3.8, 4) is 0 Å². The molecule has 0 spiro atoms. The van der Waals surface area contributed by atoms with Crippen molar-refractivity contribution < 1.29 is 8.78 Å². The molecule has 0 fully saturated rings. The Labute approximate surface area is 77.5 Å². The largest absolute Gasteiger partial charge is 0.287 e. The Morgan fingerprint density at radius 1 is 1.33 bits per heavy atom. The standard InChI is InChI=1S/C6H4Cl2F2N2/c1-6(9,10)3-2-4(7)12-5(8)11-3/h2H,1H3. The maximum absolute atomic E-state index is 12.6. The van der Waals surface area contributed by atoms with Gasteiger partial charge in [-0.1, -0.05) is 11.6 Å². The molecule has 1 rings (SSSR count). The summed E-state index contributed by atoms with van der Waals surface area (Å²) >= 11 is 10.7. The predicted molar refractivity (Wildman–Crippen MR) is 41.6 cm³/mol. The molecule has 12 heavy (non-hydrogen) atoms. The van der Waals surface area contributed by atoms with Crippen molar-refractivity contribution in [2.75, 3.05) is 0 Å². The average Bonchev–Trinajstić information content (AvgIpc) is 1.82. The zero-order valence-corrected chi connectivity index (χ0v) is 7.50. The van der Waals surface area contributed by atoms with Gasteiger partial charge in [0.2, 0.25) is 5.28 Å². The van der Waals surface area contributed by atoms with Crippen molar-refractivity contribution in [2.45, 2.75) is 12.8 Å². The Bertz CT molecular complexity index is 278. The van der Waals surface area contributed by atoms with Crippen molar-refractivity contribution in [1.29, 1.82) is 0 Å². The van der Waals surface area contributed by atoms with Crippen LogP contribution in [-0.4, -0.2) is 9.97 Å². The van der Waals surface area contributed by atoms with Crippen LogP contribution in [0, 0.1) is 0 Å². The smallest absolute Gasteiger partial charge is 0.217 e. The number of nitrogens with zero attached hydrogens (tertiary/aromatic N) is 2.